The molecule has 4 heteroatoms. The lowest BCUT2D eigenvalue weighted by Gasteiger charge is -2.07. The van der Waals surface area contributed by atoms with E-state index in [1.807, 2.05) is 24.3 Å². The fourth-order valence-corrected chi connectivity index (χ4v) is 1.99. The van der Waals surface area contributed by atoms with Crippen molar-refractivity contribution in [1.29, 1.82) is 0 Å². The van der Waals surface area contributed by atoms with Crippen LogP contribution in [0.5, 0.6) is 0 Å². The van der Waals surface area contributed by atoms with Gasteiger partial charge in [-0.05, 0) is 17.9 Å². The molecule has 0 unspecified atom stereocenters. The number of rotatable bonds is 4. The van der Waals surface area contributed by atoms with Crippen LogP contribution in [0.25, 0.3) is 11.3 Å². The van der Waals surface area contributed by atoms with Crippen LogP contribution < -0.4 is 0 Å². The Hall–Kier alpha value is -2.23. The molecule has 0 fully saturated rings. The Morgan fingerprint density at radius 1 is 1.26 bits per heavy atom. The summed E-state index contributed by atoms with van der Waals surface area (Å²) in [6.07, 6.45) is 3.70. The van der Waals surface area contributed by atoms with Gasteiger partial charge in [0.25, 0.3) is 0 Å². The minimum atomic E-state index is -1.01. The van der Waals surface area contributed by atoms with Gasteiger partial charge in [0.15, 0.2) is 0 Å². The molecule has 0 radical (unpaired) electrons. The van der Waals surface area contributed by atoms with Crippen LogP contribution in [-0.2, 0) is 6.42 Å². The van der Waals surface area contributed by atoms with Crippen molar-refractivity contribution in [3.05, 3.63) is 47.9 Å². The summed E-state index contributed by atoms with van der Waals surface area (Å²) in [7, 11) is 0. The van der Waals surface area contributed by atoms with Crippen molar-refractivity contribution in [2.75, 3.05) is 0 Å². The molecule has 0 aliphatic carbocycles. The highest BCUT2D eigenvalue weighted by molar-refractivity contribution is 5.94. The Morgan fingerprint density at radius 3 is 2.53 bits per heavy atom. The van der Waals surface area contributed by atoms with Crippen LogP contribution in [0.2, 0.25) is 0 Å². The number of carboxylic acid groups (broad SMARTS) is 1. The quantitative estimate of drug-likeness (QED) is 0.913. The summed E-state index contributed by atoms with van der Waals surface area (Å²) in [5, 5.41) is 9.12. The highest BCUT2D eigenvalue weighted by Gasteiger charge is 2.13. The van der Waals surface area contributed by atoms with Crippen molar-refractivity contribution in [3.8, 4) is 11.3 Å². The average molecular weight is 256 g/mol. The lowest BCUT2D eigenvalue weighted by Crippen LogP contribution is -2.02. The first-order valence-electron chi connectivity index (χ1n) is 6.20. The highest BCUT2D eigenvalue weighted by atomic mass is 16.4. The number of nitrogens with zero attached hydrogens (tertiary/aromatic N) is 2. The highest BCUT2D eigenvalue weighted by Crippen LogP contribution is 2.21. The van der Waals surface area contributed by atoms with E-state index in [2.05, 4.69) is 23.8 Å². The Bertz CT molecular complexity index is 577. The number of aromatic nitrogens is 2. The maximum absolute atomic E-state index is 11.1. The lowest BCUT2D eigenvalue weighted by molar-refractivity contribution is 0.0697. The largest absolute Gasteiger partial charge is 0.478 e. The number of hydrogen-bond donors (Lipinski definition) is 1. The zero-order valence-corrected chi connectivity index (χ0v) is 11.0. The molecule has 1 aromatic heterocycles. The second-order valence-electron chi connectivity index (χ2n) is 4.89. The van der Waals surface area contributed by atoms with E-state index < -0.39 is 5.97 Å². The standard InChI is InChI=1S/C15H16N2O2/c1-10(2)7-11-3-5-12(6-4-11)14-13(15(18)19)8-16-9-17-14/h3-6,8-10H,7H2,1-2H3,(H,18,19). The van der Waals surface area contributed by atoms with Crippen LogP contribution in [0.1, 0.15) is 29.8 Å². The Morgan fingerprint density at radius 2 is 1.95 bits per heavy atom. The van der Waals surface area contributed by atoms with E-state index in [1.165, 1.54) is 18.1 Å². The molecule has 2 aromatic rings. The molecular weight excluding hydrogens is 240 g/mol. The molecule has 1 heterocycles. The maximum atomic E-state index is 11.1. The van der Waals surface area contributed by atoms with Gasteiger partial charge in [0, 0.05) is 11.8 Å². The van der Waals surface area contributed by atoms with E-state index in [9.17, 15) is 4.79 Å². The monoisotopic (exact) mass is 256 g/mol. The zero-order valence-electron chi connectivity index (χ0n) is 11.0. The first-order chi connectivity index (χ1) is 9.08. The topological polar surface area (TPSA) is 63.1 Å². The summed E-state index contributed by atoms with van der Waals surface area (Å²) >= 11 is 0. The Labute approximate surface area is 112 Å². The van der Waals surface area contributed by atoms with E-state index >= 15 is 0 Å². The molecule has 19 heavy (non-hydrogen) atoms. The SMILES string of the molecule is CC(C)Cc1ccc(-c2ncncc2C(=O)O)cc1. The molecule has 0 spiro atoms. The van der Waals surface area contributed by atoms with Crippen LogP contribution >= 0.6 is 0 Å². The molecule has 4 nitrogen and oxygen atoms in total. The Balaban J connectivity index is 2.35. The van der Waals surface area contributed by atoms with E-state index in [1.54, 1.807) is 0 Å². The normalized spacial score (nSPS) is 10.7. The van der Waals surface area contributed by atoms with Gasteiger partial charge in [-0.15, -0.1) is 0 Å². The molecule has 0 atom stereocenters. The minimum Gasteiger partial charge on any atom is -0.478 e. The second-order valence-corrected chi connectivity index (χ2v) is 4.89. The first kappa shape index (κ1) is 13.2. The van der Waals surface area contributed by atoms with Gasteiger partial charge in [0.2, 0.25) is 0 Å². The van der Waals surface area contributed by atoms with Crippen LogP contribution in [-0.4, -0.2) is 21.0 Å². The first-order valence-corrected chi connectivity index (χ1v) is 6.20. The van der Waals surface area contributed by atoms with Crippen molar-refractivity contribution >= 4 is 5.97 Å². The van der Waals surface area contributed by atoms with Crippen molar-refractivity contribution < 1.29 is 9.90 Å². The van der Waals surface area contributed by atoms with Gasteiger partial charge >= 0.3 is 5.97 Å². The summed E-state index contributed by atoms with van der Waals surface area (Å²) in [5.41, 5.74) is 2.62. The summed E-state index contributed by atoms with van der Waals surface area (Å²) in [6.45, 7) is 4.34. The van der Waals surface area contributed by atoms with Gasteiger partial charge in [0.05, 0.1) is 5.69 Å². The number of hydrogen-bond acceptors (Lipinski definition) is 3. The van der Waals surface area contributed by atoms with E-state index in [4.69, 9.17) is 5.11 Å². The molecule has 0 amide bonds. The van der Waals surface area contributed by atoms with Crippen LogP contribution in [0.4, 0.5) is 0 Å². The summed E-state index contributed by atoms with van der Waals surface area (Å²) in [5.74, 6) is -0.415. The smallest absolute Gasteiger partial charge is 0.339 e. The van der Waals surface area contributed by atoms with Crippen molar-refractivity contribution in [2.24, 2.45) is 5.92 Å². The molecule has 0 bridgehead atoms. The maximum Gasteiger partial charge on any atom is 0.339 e. The van der Waals surface area contributed by atoms with Gasteiger partial charge in [-0.1, -0.05) is 38.1 Å². The number of aromatic carboxylic acids is 1. The van der Waals surface area contributed by atoms with Gasteiger partial charge in [-0.25, -0.2) is 14.8 Å². The predicted molar refractivity (Wildman–Crippen MR) is 73.0 cm³/mol. The summed E-state index contributed by atoms with van der Waals surface area (Å²) in [4.78, 5) is 19.0. The fraction of sp³-hybridized carbons (Fsp3) is 0.267. The Kier molecular flexibility index (Phi) is 3.90. The molecular formula is C15H16N2O2. The molecule has 98 valence electrons. The van der Waals surface area contributed by atoms with Gasteiger partial charge in [-0.2, -0.15) is 0 Å². The third-order valence-electron chi connectivity index (χ3n) is 2.81. The van der Waals surface area contributed by atoms with Crippen LogP contribution in [0.3, 0.4) is 0 Å². The van der Waals surface area contributed by atoms with E-state index in [0.29, 0.717) is 11.6 Å². The van der Waals surface area contributed by atoms with Crippen LogP contribution in [0, 0.1) is 5.92 Å². The van der Waals surface area contributed by atoms with E-state index in [-0.39, 0.29) is 5.56 Å². The van der Waals surface area contributed by atoms with Gasteiger partial charge in [0.1, 0.15) is 11.9 Å². The summed E-state index contributed by atoms with van der Waals surface area (Å²) in [6, 6.07) is 7.85. The number of carboxylic acids is 1. The predicted octanol–water partition coefficient (Wildman–Crippen LogP) is 3.04. The lowest BCUT2D eigenvalue weighted by atomic mass is 10.00. The molecule has 2 rings (SSSR count). The second kappa shape index (κ2) is 5.61. The number of carbonyl (C=O) groups is 1. The minimum absolute atomic E-state index is 0.124. The summed E-state index contributed by atoms with van der Waals surface area (Å²) < 4.78 is 0. The average Bonchev–Trinajstić information content (AvgIpc) is 2.39. The zero-order chi connectivity index (χ0) is 13.8. The molecule has 1 N–H and O–H groups in total. The van der Waals surface area contributed by atoms with Crippen LogP contribution in [0.15, 0.2) is 36.8 Å². The van der Waals surface area contributed by atoms with E-state index in [0.717, 1.165) is 12.0 Å². The van der Waals surface area contributed by atoms with Crippen molar-refractivity contribution in [3.63, 3.8) is 0 Å². The third-order valence-corrected chi connectivity index (χ3v) is 2.81. The number of benzene rings is 1. The van der Waals surface area contributed by atoms with Crippen molar-refractivity contribution in [1.82, 2.24) is 9.97 Å². The van der Waals surface area contributed by atoms with Gasteiger partial charge < -0.3 is 5.11 Å². The van der Waals surface area contributed by atoms with Gasteiger partial charge in [-0.3, -0.25) is 0 Å². The molecule has 0 aliphatic rings. The molecule has 0 saturated heterocycles. The third kappa shape index (κ3) is 3.16. The fourth-order valence-electron chi connectivity index (χ4n) is 1.99. The molecule has 0 aliphatic heterocycles. The van der Waals surface area contributed by atoms with Crippen molar-refractivity contribution in [2.45, 2.75) is 20.3 Å². The molecule has 1 aromatic carbocycles. The molecule has 0 saturated carbocycles.